The normalized spacial score (nSPS) is 22.6. The van der Waals surface area contributed by atoms with Crippen molar-refractivity contribution in [1.82, 2.24) is 20.2 Å². The lowest BCUT2D eigenvalue weighted by Crippen LogP contribution is -2.48. The molecule has 3 aromatic rings. The van der Waals surface area contributed by atoms with Gasteiger partial charge in [-0.3, -0.25) is 9.59 Å². The van der Waals surface area contributed by atoms with Crippen LogP contribution < -0.4 is 5.32 Å². The number of hydrogen-bond donors (Lipinski definition) is 1. The number of aromatic nitrogens is 2. The fourth-order valence-corrected chi connectivity index (χ4v) is 4.80. The Morgan fingerprint density at radius 2 is 2.09 bits per heavy atom. The maximum atomic E-state index is 14.9. The molecule has 9 heteroatoms. The molecule has 1 unspecified atom stereocenters. The second-order valence-corrected chi connectivity index (χ2v) is 8.98. The number of carbonyl (C=O) groups is 2. The van der Waals surface area contributed by atoms with E-state index in [1.807, 2.05) is 0 Å². The van der Waals surface area contributed by atoms with Gasteiger partial charge in [0.25, 0.3) is 5.91 Å². The number of nitrogens with one attached hydrogen (secondary N) is 1. The zero-order valence-corrected chi connectivity index (χ0v) is 19.0. The molecule has 1 saturated carbocycles. The summed E-state index contributed by atoms with van der Waals surface area (Å²) in [6, 6.07) is 7.69. The molecular formula is C25H29FN4O4. The molecule has 2 aromatic heterocycles. The molecule has 180 valence electrons. The van der Waals surface area contributed by atoms with Crippen LogP contribution in [0.2, 0.25) is 0 Å². The molecule has 2 amide bonds. The second kappa shape index (κ2) is 9.50. The summed E-state index contributed by atoms with van der Waals surface area (Å²) < 4.78 is 26.0. The summed E-state index contributed by atoms with van der Waals surface area (Å²) >= 11 is 0. The van der Waals surface area contributed by atoms with Crippen LogP contribution in [-0.4, -0.2) is 58.5 Å². The van der Waals surface area contributed by atoms with E-state index in [1.54, 1.807) is 36.3 Å². The van der Waals surface area contributed by atoms with Gasteiger partial charge in [-0.2, -0.15) is 4.98 Å². The van der Waals surface area contributed by atoms with Crippen LogP contribution in [0.1, 0.15) is 50.3 Å². The number of halogens is 1. The van der Waals surface area contributed by atoms with E-state index in [-0.39, 0.29) is 48.4 Å². The third-order valence-corrected chi connectivity index (χ3v) is 6.69. The molecule has 8 nitrogen and oxygen atoms in total. The summed E-state index contributed by atoms with van der Waals surface area (Å²) in [5.41, 5.74) is 1.29. The highest BCUT2D eigenvalue weighted by Crippen LogP contribution is 2.28. The van der Waals surface area contributed by atoms with Crippen LogP contribution in [0.4, 0.5) is 4.39 Å². The van der Waals surface area contributed by atoms with E-state index in [0.29, 0.717) is 24.3 Å². The molecule has 0 radical (unpaired) electrons. The SMILES string of the molecule is CN(C(=O)c1ccc(-c2nc3ncccc3o2)c(F)c1)[C@@H]1CCC[C@H](NC(=O)C2CCCO2)C1.[HH]. The Hall–Kier alpha value is -3.33. The van der Waals surface area contributed by atoms with Crippen LogP contribution in [0.3, 0.4) is 0 Å². The van der Waals surface area contributed by atoms with Crippen LogP contribution >= 0.6 is 0 Å². The number of carbonyl (C=O) groups excluding carboxylic acids is 2. The van der Waals surface area contributed by atoms with Crippen LogP contribution in [0.15, 0.2) is 40.9 Å². The first-order valence-corrected chi connectivity index (χ1v) is 11.7. The zero-order valence-electron chi connectivity index (χ0n) is 19.0. The van der Waals surface area contributed by atoms with E-state index in [9.17, 15) is 14.0 Å². The van der Waals surface area contributed by atoms with Crippen LogP contribution in [-0.2, 0) is 9.53 Å². The lowest BCUT2D eigenvalue weighted by molar-refractivity contribution is -0.131. The minimum absolute atomic E-state index is 0. The van der Waals surface area contributed by atoms with Crippen molar-refractivity contribution in [2.24, 2.45) is 0 Å². The summed E-state index contributed by atoms with van der Waals surface area (Å²) in [6.07, 6.45) is 6.16. The topological polar surface area (TPSA) is 97.6 Å². The van der Waals surface area contributed by atoms with Crippen molar-refractivity contribution in [3.8, 4) is 11.5 Å². The monoisotopic (exact) mass is 468 g/mol. The van der Waals surface area contributed by atoms with Gasteiger partial charge < -0.3 is 19.4 Å². The largest absolute Gasteiger partial charge is 0.434 e. The molecular weight excluding hydrogens is 439 g/mol. The van der Waals surface area contributed by atoms with Crippen molar-refractivity contribution >= 4 is 23.0 Å². The first-order chi connectivity index (χ1) is 16.5. The molecule has 5 rings (SSSR count). The molecule has 3 heterocycles. The summed E-state index contributed by atoms with van der Waals surface area (Å²) in [5, 5.41) is 3.09. The number of pyridine rings is 1. The average Bonchev–Trinajstić information content (AvgIpc) is 3.53. The quantitative estimate of drug-likeness (QED) is 0.609. The van der Waals surface area contributed by atoms with E-state index in [2.05, 4.69) is 15.3 Å². The molecule has 1 aliphatic heterocycles. The predicted molar refractivity (Wildman–Crippen MR) is 125 cm³/mol. The van der Waals surface area contributed by atoms with E-state index in [1.165, 1.54) is 12.1 Å². The highest BCUT2D eigenvalue weighted by molar-refractivity contribution is 5.94. The van der Waals surface area contributed by atoms with Gasteiger partial charge in [0.1, 0.15) is 11.9 Å². The molecule has 2 aliphatic rings. The van der Waals surface area contributed by atoms with Crippen molar-refractivity contribution in [2.75, 3.05) is 13.7 Å². The van der Waals surface area contributed by atoms with E-state index in [0.717, 1.165) is 32.1 Å². The Balaban J connectivity index is 0.00000289. The smallest absolute Gasteiger partial charge is 0.253 e. The molecule has 3 atom stereocenters. The maximum Gasteiger partial charge on any atom is 0.253 e. The molecule has 2 fully saturated rings. The minimum atomic E-state index is -0.587. The Morgan fingerprint density at radius 1 is 1.21 bits per heavy atom. The highest BCUT2D eigenvalue weighted by atomic mass is 19.1. The molecule has 34 heavy (non-hydrogen) atoms. The van der Waals surface area contributed by atoms with Gasteiger partial charge in [0.2, 0.25) is 11.8 Å². The Kier molecular flexibility index (Phi) is 6.28. The lowest BCUT2D eigenvalue weighted by atomic mass is 9.89. The first kappa shape index (κ1) is 22.5. The van der Waals surface area contributed by atoms with Crippen molar-refractivity contribution in [3.63, 3.8) is 0 Å². The number of amides is 2. The van der Waals surface area contributed by atoms with E-state index < -0.39 is 5.82 Å². The summed E-state index contributed by atoms with van der Waals surface area (Å²) in [7, 11) is 1.73. The third-order valence-electron chi connectivity index (χ3n) is 6.69. The lowest BCUT2D eigenvalue weighted by Gasteiger charge is -2.36. The van der Waals surface area contributed by atoms with Gasteiger partial charge >= 0.3 is 0 Å². The average molecular weight is 469 g/mol. The number of nitrogens with zero attached hydrogens (tertiary/aromatic N) is 3. The van der Waals surface area contributed by atoms with Gasteiger partial charge in [0.15, 0.2) is 11.2 Å². The Labute approximate surface area is 198 Å². The van der Waals surface area contributed by atoms with Crippen LogP contribution in [0, 0.1) is 5.82 Å². The number of ether oxygens (including phenoxy) is 1. The summed E-state index contributed by atoms with van der Waals surface area (Å²) in [4.78, 5) is 35.5. The van der Waals surface area contributed by atoms with E-state index >= 15 is 0 Å². The number of fused-ring (bicyclic) bond motifs is 1. The second-order valence-electron chi connectivity index (χ2n) is 8.98. The van der Waals surface area contributed by atoms with Crippen molar-refractivity contribution < 1.29 is 24.6 Å². The molecule has 0 bridgehead atoms. The van der Waals surface area contributed by atoms with E-state index in [4.69, 9.17) is 9.15 Å². The van der Waals surface area contributed by atoms with Gasteiger partial charge in [0, 0.05) is 38.9 Å². The van der Waals surface area contributed by atoms with Gasteiger partial charge in [0.05, 0.1) is 5.56 Å². The van der Waals surface area contributed by atoms with Crippen LogP contribution in [0.25, 0.3) is 22.7 Å². The minimum Gasteiger partial charge on any atom is -0.434 e. The van der Waals surface area contributed by atoms with Gasteiger partial charge in [-0.25, -0.2) is 9.37 Å². The fourth-order valence-electron chi connectivity index (χ4n) is 4.80. The number of benzene rings is 1. The van der Waals surface area contributed by atoms with Gasteiger partial charge in [-0.15, -0.1) is 0 Å². The number of rotatable bonds is 5. The molecule has 1 saturated heterocycles. The number of hydrogen-bond acceptors (Lipinski definition) is 6. The molecule has 0 spiro atoms. The van der Waals surface area contributed by atoms with Gasteiger partial charge in [-0.05, 0) is 68.9 Å². The van der Waals surface area contributed by atoms with Crippen molar-refractivity contribution in [3.05, 3.63) is 47.9 Å². The van der Waals surface area contributed by atoms with Crippen molar-refractivity contribution in [1.29, 1.82) is 0 Å². The first-order valence-electron chi connectivity index (χ1n) is 11.7. The molecule has 1 aromatic carbocycles. The molecule has 1 N–H and O–H groups in total. The van der Waals surface area contributed by atoms with Crippen molar-refractivity contribution in [2.45, 2.75) is 56.7 Å². The number of oxazole rings is 1. The summed E-state index contributed by atoms with van der Waals surface area (Å²) in [5.74, 6) is -0.795. The third kappa shape index (κ3) is 4.52. The Bertz CT molecular complexity index is 1180. The van der Waals surface area contributed by atoms with Crippen LogP contribution in [0.5, 0.6) is 0 Å². The van der Waals surface area contributed by atoms with Gasteiger partial charge in [-0.1, -0.05) is 0 Å². The zero-order chi connectivity index (χ0) is 23.7. The highest BCUT2D eigenvalue weighted by Gasteiger charge is 2.31. The summed E-state index contributed by atoms with van der Waals surface area (Å²) in [6.45, 7) is 0.626. The molecule has 1 aliphatic carbocycles. The fraction of sp³-hybridized carbons (Fsp3) is 0.440. The standard InChI is InChI=1S/C25H27FN4O4.H2/c1-30(17-6-2-5-16(14-17)28-23(31)21-8-4-12-33-21)25(32)15-9-10-18(19(26)13-15)24-29-22-20(34-24)7-3-11-27-22;/h3,7,9-11,13,16-17,21H,2,4-6,8,12,14H2,1H3,(H,28,31);1H/t16-,17+,21?;/m0./s1. The predicted octanol–water partition coefficient (Wildman–Crippen LogP) is 3.95. The Morgan fingerprint density at radius 3 is 2.85 bits per heavy atom. The maximum absolute atomic E-state index is 14.9.